The number of benzene rings is 2. The van der Waals surface area contributed by atoms with Crippen LogP contribution in [0.5, 0.6) is 5.75 Å². The predicted octanol–water partition coefficient (Wildman–Crippen LogP) is 3.19. The number of nitrogen functional groups attached to an aromatic ring is 1. The Balaban J connectivity index is 2.01. The van der Waals surface area contributed by atoms with Gasteiger partial charge in [-0.2, -0.15) is 0 Å². The van der Waals surface area contributed by atoms with Crippen LogP contribution < -0.4 is 15.8 Å². The predicted molar refractivity (Wildman–Crippen MR) is 71.7 cm³/mol. The maximum atomic E-state index is 11.6. The Kier molecular flexibility index (Phi) is 3.48. The van der Waals surface area contributed by atoms with Gasteiger partial charge in [-0.25, -0.2) is 4.79 Å². The monoisotopic (exact) mass is 242 g/mol. The average Bonchev–Trinajstić information content (AvgIpc) is 2.35. The van der Waals surface area contributed by atoms with E-state index in [1.165, 1.54) is 0 Å². The molecule has 0 aromatic heterocycles. The molecule has 2 rings (SSSR count). The third-order valence-corrected chi connectivity index (χ3v) is 2.48. The molecule has 18 heavy (non-hydrogen) atoms. The average molecular weight is 242 g/mol. The maximum absolute atomic E-state index is 11.6. The van der Waals surface area contributed by atoms with Crippen LogP contribution >= 0.6 is 0 Å². The van der Waals surface area contributed by atoms with Crippen molar-refractivity contribution >= 4 is 17.5 Å². The van der Waals surface area contributed by atoms with Gasteiger partial charge in [-0.1, -0.05) is 24.3 Å². The van der Waals surface area contributed by atoms with Crippen molar-refractivity contribution in [2.75, 3.05) is 11.1 Å². The highest BCUT2D eigenvalue weighted by molar-refractivity contribution is 5.86. The normalized spacial score (nSPS) is 9.83. The van der Waals surface area contributed by atoms with Crippen LogP contribution in [0.25, 0.3) is 0 Å². The van der Waals surface area contributed by atoms with Crippen molar-refractivity contribution in [2.24, 2.45) is 0 Å². The summed E-state index contributed by atoms with van der Waals surface area (Å²) < 4.78 is 5.12. The molecule has 0 radical (unpaired) electrons. The van der Waals surface area contributed by atoms with Crippen LogP contribution in [0, 0.1) is 6.92 Å². The van der Waals surface area contributed by atoms with Crippen molar-refractivity contribution in [2.45, 2.75) is 6.92 Å². The molecule has 0 aliphatic heterocycles. The molecule has 0 spiro atoms. The number of ether oxygens (including phenoxy) is 1. The smallest absolute Gasteiger partial charge is 0.410 e. The first kappa shape index (κ1) is 12.0. The van der Waals surface area contributed by atoms with E-state index in [1.54, 1.807) is 30.3 Å². The van der Waals surface area contributed by atoms with Gasteiger partial charge in [0, 0.05) is 17.4 Å². The number of nitrogens with one attached hydrogen (secondary N) is 1. The zero-order valence-electron chi connectivity index (χ0n) is 10.0. The number of amides is 1. The molecular weight excluding hydrogens is 228 g/mol. The number of hydrogen-bond donors (Lipinski definition) is 2. The van der Waals surface area contributed by atoms with Crippen molar-refractivity contribution in [3.05, 3.63) is 54.1 Å². The Bertz CT molecular complexity index is 553. The van der Waals surface area contributed by atoms with Gasteiger partial charge in [0.1, 0.15) is 5.75 Å². The van der Waals surface area contributed by atoms with E-state index in [2.05, 4.69) is 5.32 Å². The van der Waals surface area contributed by atoms with Crippen LogP contribution in [0.3, 0.4) is 0 Å². The Labute approximate surface area is 105 Å². The summed E-state index contributed by atoms with van der Waals surface area (Å²) >= 11 is 0. The van der Waals surface area contributed by atoms with Crippen LogP contribution in [-0.4, -0.2) is 6.09 Å². The maximum Gasteiger partial charge on any atom is 0.417 e. The topological polar surface area (TPSA) is 64.3 Å². The molecule has 0 unspecified atom stereocenters. The summed E-state index contributed by atoms with van der Waals surface area (Å²) in [6, 6.07) is 14.2. The van der Waals surface area contributed by atoms with Crippen molar-refractivity contribution in [1.82, 2.24) is 0 Å². The minimum atomic E-state index is -0.538. The van der Waals surface area contributed by atoms with Gasteiger partial charge in [-0.05, 0) is 30.7 Å². The van der Waals surface area contributed by atoms with E-state index in [0.717, 1.165) is 5.56 Å². The number of nitrogens with two attached hydrogens (primary N) is 1. The lowest BCUT2D eigenvalue weighted by molar-refractivity contribution is 0.215. The molecule has 0 aliphatic carbocycles. The second-order valence-corrected chi connectivity index (χ2v) is 3.90. The number of para-hydroxylation sites is 1. The van der Waals surface area contributed by atoms with E-state index in [-0.39, 0.29) is 0 Å². The van der Waals surface area contributed by atoms with E-state index < -0.39 is 6.09 Å². The van der Waals surface area contributed by atoms with Gasteiger partial charge in [0.05, 0.1) is 0 Å². The lowest BCUT2D eigenvalue weighted by Gasteiger charge is -2.07. The Morgan fingerprint density at radius 3 is 2.56 bits per heavy atom. The van der Waals surface area contributed by atoms with Crippen LogP contribution in [-0.2, 0) is 0 Å². The lowest BCUT2D eigenvalue weighted by Crippen LogP contribution is -2.16. The standard InChI is InChI=1S/C14H14N2O2/c1-10-7-8-12(9-13(10)15)18-14(17)16-11-5-3-2-4-6-11/h2-9H,15H2,1H3,(H,16,17). The third kappa shape index (κ3) is 3.01. The minimum absolute atomic E-state index is 0.423. The summed E-state index contributed by atoms with van der Waals surface area (Å²) in [4.78, 5) is 11.6. The number of aryl methyl sites for hydroxylation is 1. The van der Waals surface area contributed by atoms with Crippen LogP contribution in [0.4, 0.5) is 16.2 Å². The van der Waals surface area contributed by atoms with Gasteiger partial charge in [0.25, 0.3) is 0 Å². The van der Waals surface area contributed by atoms with Crippen molar-refractivity contribution < 1.29 is 9.53 Å². The van der Waals surface area contributed by atoms with E-state index in [0.29, 0.717) is 17.1 Å². The highest BCUT2D eigenvalue weighted by atomic mass is 16.6. The van der Waals surface area contributed by atoms with Gasteiger partial charge < -0.3 is 10.5 Å². The van der Waals surface area contributed by atoms with E-state index in [9.17, 15) is 4.79 Å². The largest absolute Gasteiger partial charge is 0.417 e. The van der Waals surface area contributed by atoms with Gasteiger partial charge in [0.2, 0.25) is 0 Å². The summed E-state index contributed by atoms with van der Waals surface area (Å²) in [6.07, 6.45) is -0.538. The lowest BCUT2D eigenvalue weighted by atomic mass is 10.2. The summed E-state index contributed by atoms with van der Waals surface area (Å²) in [5, 5.41) is 2.62. The third-order valence-electron chi connectivity index (χ3n) is 2.48. The number of carbonyl (C=O) groups is 1. The first-order chi connectivity index (χ1) is 8.65. The first-order valence-corrected chi connectivity index (χ1v) is 5.55. The molecule has 0 saturated carbocycles. The van der Waals surface area contributed by atoms with Gasteiger partial charge >= 0.3 is 6.09 Å². The molecule has 0 aliphatic rings. The van der Waals surface area contributed by atoms with Crippen molar-refractivity contribution in [3.63, 3.8) is 0 Å². The molecule has 0 atom stereocenters. The molecule has 0 bridgehead atoms. The molecule has 0 fully saturated rings. The van der Waals surface area contributed by atoms with Gasteiger partial charge in [-0.15, -0.1) is 0 Å². The first-order valence-electron chi connectivity index (χ1n) is 5.55. The molecule has 2 aromatic carbocycles. The molecule has 2 aromatic rings. The molecule has 3 N–H and O–H groups in total. The zero-order valence-corrected chi connectivity index (χ0v) is 10.0. The highest BCUT2D eigenvalue weighted by Gasteiger charge is 2.05. The fourth-order valence-electron chi connectivity index (χ4n) is 1.45. The van der Waals surface area contributed by atoms with Crippen molar-refractivity contribution in [3.8, 4) is 5.75 Å². The molecule has 0 saturated heterocycles. The molecule has 0 heterocycles. The summed E-state index contributed by atoms with van der Waals surface area (Å²) in [7, 11) is 0. The summed E-state index contributed by atoms with van der Waals surface area (Å²) in [5.41, 5.74) is 7.97. The number of anilines is 2. The molecule has 1 amide bonds. The van der Waals surface area contributed by atoms with Crippen LogP contribution in [0.1, 0.15) is 5.56 Å². The van der Waals surface area contributed by atoms with Gasteiger partial charge in [-0.3, -0.25) is 5.32 Å². The zero-order chi connectivity index (χ0) is 13.0. The van der Waals surface area contributed by atoms with Crippen LogP contribution in [0.15, 0.2) is 48.5 Å². The molecular formula is C14H14N2O2. The summed E-state index contributed by atoms with van der Waals surface area (Å²) in [5.74, 6) is 0.423. The number of carbonyl (C=O) groups excluding carboxylic acids is 1. The second-order valence-electron chi connectivity index (χ2n) is 3.90. The van der Waals surface area contributed by atoms with Crippen LogP contribution in [0.2, 0.25) is 0 Å². The molecule has 4 heteroatoms. The Morgan fingerprint density at radius 2 is 1.89 bits per heavy atom. The van der Waals surface area contributed by atoms with Crippen molar-refractivity contribution in [1.29, 1.82) is 0 Å². The van der Waals surface area contributed by atoms with E-state index >= 15 is 0 Å². The minimum Gasteiger partial charge on any atom is -0.410 e. The van der Waals surface area contributed by atoms with E-state index in [1.807, 2.05) is 25.1 Å². The number of hydrogen-bond acceptors (Lipinski definition) is 3. The molecule has 92 valence electrons. The fraction of sp³-hybridized carbons (Fsp3) is 0.0714. The number of rotatable bonds is 2. The summed E-state index contributed by atoms with van der Waals surface area (Å²) in [6.45, 7) is 1.89. The fourth-order valence-corrected chi connectivity index (χ4v) is 1.45. The highest BCUT2D eigenvalue weighted by Crippen LogP contribution is 2.19. The Hall–Kier alpha value is -2.49. The van der Waals surface area contributed by atoms with E-state index in [4.69, 9.17) is 10.5 Å². The quantitative estimate of drug-likeness (QED) is 0.795. The van der Waals surface area contributed by atoms with Gasteiger partial charge in [0.15, 0.2) is 0 Å². The second kappa shape index (κ2) is 5.23. The SMILES string of the molecule is Cc1ccc(OC(=O)Nc2ccccc2)cc1N. The Morgan fingerprint density at radius 1 is 1.17 bits per heavy atom. The molecule has 4 nitrogen and oxygen atoms in total.